The summed E-state index contributed by atoms with van der Waals surface area (Å²) in [5.74, 6) is 2.14. The number of nitrogens with two attached hydrogens (primary N) is 1. The Morgan fingerprint density at radius 1 is 1.62 bits per heavy atom. The first-order valence-electron chi connectivity index (χ1n) is 5.38. The molecule has 1 aliphatic rings. The number of nitrogens with zero attached hydrogens (tertiary/aromatic N) is 1. The Bertz CT molecular complexity index is 375. The lowest BCUT2D eigenvalue weighted by molar-refractivity contribution is 0.803. The lowest BCUT2D eigenvalue weighted by Crippen LogP contribution is -2.16. The molecule has 5 heteroatoms. The van der Waals surface area contributed by atoms with Crippen LogP contribution in [0.3, 0.4) is 0 Å². The van der Waals surface area contributed by atoms with Crippen LogP contribution in [0.2, 0.25) is 0 Å². The van der Waals surface area contributed by atoms with Crippen molar-refractivity contribution in [2.24, 2.45) is 5.73 Å². The molecule has 1 aromatic rings. The van der Waals surface area contributed by atoms with Crippen LogP contribution in [0.5, 0.6) is 0 Å². The van der Waals surface area contributed by atoms with E-state index in [-0.39, 0.29) is 0 Å². The van der Waals surface area contributed by atoms with Crippen LogP contribution in [0, 0.1) is 0 Å². The van der Waals surface area contributed by atoms with Crippen LogP contribution in [-0.4, -0.2) is 27.5 Å². The minimum absolute atomic E-state index is 0.346. The SMILES string of the molecule is NC(=S)c1cccc(NCC2CCCS2)n1. The summed E-state index contributed by atoms with van der Waals surface area (Å²) in [6.07, 6.45) is 2.63. The van der Waals surface area contributed by atoms with Crippen molar-refractivity contribution in [2.45, 2.75) is 18.1 Å². The fraction of sp³-hybridized carbons (Fsp3) is 0.455. The first kappa shape index (κ1) is 11.7. The molecule has 0 aromatic carbocycles. The fourth-order valence-corrected chi connectivity index (χ4v) is 3.01. The molecule has 2 heterocycles. The van der Waals surface area contributed by atoms with Gasteiger partial charge in [0.2, 0.25) is 0 Å². The van der Waals surface area contributed by atoms with E-state index >= 15 is 0 Å². The number of pyridine rings is 1. The van der Waals surface area contributed by atoms with Gasteiger partial charge >= 0.3 is 0 Å². The molecule has 0 saturated carbocycles. The lowest BCUT2D eigenvalue weighted by atomic mass is 10.2. The van der Waals surface area contributed by atoms with Gasteiger partial charge in [0.15, 0.2) is 0 Å². The number of aromatic nitrogens is 1. The van der Waals surface area contributed by atoms with E-state index in [4.69, 9.17) is 18.0 Å². The molecule has 3 nitrogen and oxygen atoms in total. The average Bonchev–Trinajstić information content (AvgIpc) is 2.79. The molecule has 0 bridgehead atoms. The van der Waals surface area contributed by atoms with Crippen LogP contribution in [0.4, 0.5) is 5.82 Å². The third-order valence-electron chi connectivity index (χ3n) is 2.54. The van der Waals surface area contributed by atoms with Crippen molar-refractivity contribution in [3.05, 3.63) is 23.9 Å². The van der Waals surface area contributed by atoms with E-state index in [9.17, 15) is 0 Å². The number of nitrogens with one attached hydrogen (secondary N) is 1. The van der Waals surface area contributed by atoms with Gasteiger partial charge in [-0.25, -0.2) is 4.98 Å². The predicted octanol–water partition coefficient (Wildman–Crippen LogP) is 2.02. The number of thioether (sulfide) groups is 1. The Morgan fingerprint density at radius 2 is 2.50 bits per heavy atom. The van der Waals surface area contributed by atoms with Crippen LogP contribution in [-0.2, 0) is 0 Å². The summed E-state index contributed by atoms with van der Waals surface area (Å²) in [5, 5.41) is 4.05. The highest BCUT2D eigenvalue weighted by Crippen LogP contribution is 2.26. The smallest absolute Gasteiger partial charge is 0.126 e. The molecule has 1 fully saturated rings. The van der Waals surface area contributed by atoms with Crippen molar-refractivity contribution in [3.8, 4) is 0 Å². The van der Waals surface area contributed by atoms with E-state index in [0.717, 1.165) is 17.6 Å². The minimum atomic E-state index is 0.346. The summed E-state index contributed by atoms with van der Waals surface area (Å²) in [7, 11) is 0. The Labute approximate surface area is 105 Å². The molecule has 1 saturated heterocycles. The average molecular weight is 253 g/mol. The fourth-order valence-electron chi connectivity index (χ4n) is 1.69. The van der Waals surface area contributed by atoms with E-state index < -0.39 is 0 Å². The quantitative estimate of drug-likeness (QED) is 0.804. The Hall–Kier alpha value is -0.810. The first-order chi connectivity index (χ1) is 7.75. The molecule has 3 N–H and O–H groups in total. The van der Waals surface area contributed by atoms with E-state index in [1.54, 1.807) is 0 Å². The molecular weight excluding hydrogens is 238 g/mol. The monoisotopic (exact) mass is 253 g/mol. The van der Waals surface area contributed by atoms with E-state index in [1.807, 2.05) is 30.0 Å². The van der Waals surface area contributed by atoms with Crippen LogP contribution in [0.15, 0.2) is 18.2 Å². The summed E-state index contributed by atoms with van der Waals surface area (Å²) in [5.41, 5.74) is 6.22. The summed E-state index contributed by atoms with van der Waals surface area (Å²) >= 11 is 6.93. The third-order valence-corrected chi connectivity index (χ3v) is 4.14. The Kier molecular flexibility index (Phi) is 4.01. The summed E-state index contributed by atoms with van der Waals surface area (Å²) in [6.45, 7) is 0.971. The number of hydrogen-bond acceptors (Lipinski definition) is 4. The second kappa shape index (κ2) is 5.50. The maximum Gasteiger partial charge on any atom is 0.126 e. The second-order valence-corrected chi connectivity index (χ2v) is 5.64. The normalized spacial score (nSPS) is 19.6. The molecule has 1 aromatic heterocycles. The van der Waals surface area contributed by atoms with Gasteiger partial charge in [-0.1, -0.05) is 18.3 Å². The maximum absolute atomic E-state index is 5.54. The molecule has 0 radical (unpaired) electrons. The highest BCUT2D eigenvalue weighted by molar-refractivity contribution is 8.00. The number of rotatable bonds is 4. The molecule has 0 aliphatic carbocycles. The second-order valence-electron chi connectivity index (χ2n) is 3.79. The van der Waals surface area contributed by atoms with Crippen molar-refractivity contribution in [3.63, 3.8) is 0 Å². The topological polar surface area (TPSA) is 50.9 Å². The first-order valence-corrected chi connectivity index (χ1v) is 6.84. The zero-order valence-electron chi connectivity index (χ0n) is 8.98. The van der Waals surface area contributed by atoms with Gasteiger partial charge in [0.25, 0.3) is 0 Å². The van der Waals surface area contributed by atoms with E-state index in [1.165, 1.54) is 18.6 Å². The highest BCUT2D eigenvalue weighted by atomic mass is 32.2. The van der Waals surface area contributed by atoms with Gasteiger partial charge in [-0.15, -0.1) is 0 Å². The Morgan fingerprint density at radius 3 is 3.19 bits per heavy atom. The van der Waals surface area contributed by atoms with Crippen molar-refractivity contribution < 1.29 is 0 Å². The Balaban J connectivity index is 1.93. The zero-order chi connectivity index (χ0) is 11.4. The molecule has 86 valence electrons. The van der Waals surface area contributed by atoms with Gasteiger partial charge in [-0.05, 0) is 30.7 Å². The highest BCUT2D eigenvalue weighted by Gasteiger charge is 2.15. The third kappa shape index (κ3) is 3.09. The summed E-state index contributed by atoms with van der Waals surface area (Å²) in [6, 6.07) is 5.70. The standard InChI is InChI=1S/C11H15N3S2/c12-11(15)9-4-1-5-10(14-9)13-7-8-3-2-6-16-8/h1,4-5,8H,2-3,6-7H2,(H2,12,15)(H,13,14). The van der Waals surface area contributed by atoms with E-state index in [2.05, 4.69) is 10.3 Å². The summed E-state index contributed by atoms with van der Waals surface area (Å²) < 4.78 is 0. The molecule has 1 atom stereocenters. The molecule has 0 spiro atoms. The number of hydrogen-bond donors (Lipinski definition) is 2. The van der Waals surface area contributed by atoms with Crippen LogP contribution < -0.4 is 11.1 Å². The van der Waals surface area contributed by atoms with Crippen molar-refractivity contribution >= 4 is 34.8 Å². The number of thiocarbonyl (C=S) groups is 1. The zero-order valence-corrected chi connectivity index (χ0v) is 10.6. The van der Waals surface area contributed by atoms with Gasteiger partial charge in [0.05, 0.1) is 5.69 Å². The van der Waals surface area contributed by atoms with Gasteiger partial charge in [0, 0.05) is 11.8 Å². The largest absolute Gasteiger partial charge is 0.388 e. The summed E-state index contributed by atoms with van der Waals surface area (Å²) in [4.78, 5) is 4.69. The number of anilines is 1. The van der Waals surface area contributed by atoms with Gasteiger partial charge in [-0.2, -0.15) is 11.8 Å². The molecule has 1 aliphatic heterocycles. The van der Waals surface area contributed by atoms with E-state index in [0.29, 0.717) is 10.7 Å². The van der Waals surface area contributed by atoms with Gasteiger partial charge < -0.3 is 11.1 Å². The molecule has 1 unspecified atom stereocenters. The van der Waals surface area contributed by atoms with Gasteiger partial charge in [-0.3, -0.25) is 0 Å². The molecule has 16 heavy (non-hydrogen) atoms. The maximum atomic E-state index is 5.54. The van der Waals surface area contributed by atoms with Crippen LogP contribution >= 0.6 is 24.0 Å². The lowest BCUT2D eigenvalue weighted by Gasteiger charge is -2.11. The van der Waals surface area contributed by atoms with Crippen molar-refractivity contribution in [1.29, 1.82) is 0 Å². The molecule has 0 amide bonds. The van der Waals surface area contributed by atoms with Crippen LogP contribution in [0.25, 0.3) is 0 Å². The molecular formula is C11H15N3S2. The van der Waals surface area contributed by atoms with Crippen molar-refractivity contribution in [2.75, 3.05) is 17.6 Å². The predicted molar refractivity (Wildman–Crippen MR) is 74.1 cm³/mol. The van der Waals surface area contributed by atoms with Crippen LogP contribution in [0.1, 0.15) is 18.5 Å². The minimum Gasteiger partial charge on any atom is -0.388 e. The molecule has 2 rings (SSSR count). The van der Waals surface area contributed by atoms with Gasteiger partial charge in [0.1, 0.15) is 10.8 Å². The van der Waals surface area contributed by atoms with Crippen molar-refractivity contribution in [1.82, 2.24) is 4.98 Å².